The molecule has 0 fully saturated rings. The van der Waals surface area contributed by atoms with Crippen LogP contribution >= 0.6 is 0 Å². The van der Waals surface area contributed by atoms with Crippen LogP contribution in [-0.4, -0.2) is 15.7 Å². The lowest BCUT2D eigenvalue weighted by Crippen LogP contribution is -2.14. The Morgan fingerprint density at radius 3 is 2.71 bits per heavy atom. The summed E-state index contributed by atoms with van der Waals surface area (Å²) >= 11 is 0. The van der Waals surface area contributed by atoms with Crippen LogP contribution in [0, 0.1) is 6.92 Å². The predicted octanol–water partition coefficient (Wildman–Crippen LogP) is 1.13. The summed E-state index contributed by atoms with van der Waals surface area (Å²) in [7, 11) is 1.80. The van der Waals surface area contributed by atoms with E-state index in [1.54, 1.807) is 17.8 Å². The number of hydrogen-bond acceptors (Lipinski definition) is 3. The van der Waals surface area contributed by atoms with Crippen molar-refractivity contribution in [1.82, 2.24) is 9.78 Å². The Hall–Kier alpha value is -2.04. The van der Waals surface area contributed by atoms with Gasteiger partial charge in [0.05, 0.1) is 5.52 Å². The number of amides is 1. The van der Waals surface area contributed by atoms with Gasteiger partial charge in [-0.3, -0.25) is 9.48 Å². The van der Waals surface area contributed by atoms with Crippen molar-refractivity contribution in [2.75, 3.05) is 5.73 Å². The van der Waals surface area contributed by atoms with Gasteiger partial charge in [-0.2, -0.15) is 5.10 Å². The van der Waals surface area contributed by atoms with Crippen LogP contribution in [0.5, 0.6) is 0 Å². The van der Waals surface area contributed by atoms with Crippen LogP contribution in [0.2, 0.25) is 0 Å². The van der Waals surface area contributed by atoms with E-state index in [0.29, 0.717) is 11.4 Å². The molecule has 0 bridgehead atoms. The summed E-state index contributed by atoms with van der Waals surface area (Å²) in [4.78, 5) is 11.4. The molecule has 0 aliphatic carbocycles. The molecule has 0 aliphatic heterocycles. The van der Waals surface area contributed by atoms with Gasteiger partial charge in [-0.1, -0.05) is 6.92 Å². The van der Waals surface area contributed by atoms with Crippen molar-refractivity contribution in [2.45, 2.75) is 20.3 Å². The molecule has 5 heteroatoms. The number of anilines is 1. The molecule has 0 saturated carbocycles. The zero-order valence-corrected chi connectivity index (χ0v) is 10.2. The molecule has 0 spiro atoms. The number of fused-ring (bicyclic) bond motifs is 1. The maximum absolute atomic E-state index is 11.4. The Balaban J connectivity index is 2.96. The monoisotopic (exact) mass is 232 g/mol. The van der Waals surface area contributed by atoms with E-state index in [4.69, 9.17) is 11.5 Å². The third kappa shape index (κ3) is 1.54. The summed E-state index contributed by atoms with van der Waals surface area (Å²) in [5, 5.41) is 5.11. The minimum atomic E-state index is -0.418. The molecule has 0 aliphatic rings. The molecule has 2 rings (SSSR count). The van der Waals surface area contributed by atoms with E-state index >= 15 is 0 Å². The molecule has 0 radical (unpaired) electrons. The van der Waals surface area contributed by atoms with E-state index < -0.39 is 5.91 Å². The number of nitrogen functional groups attached to an aromatic ring is 1. The molecule has 1 heterocycles. The number of aromatic nitrogens is 2. The highest BCUT2D eigenvalue weighted by molar-refractivity contribution is 6.02. The maximum atomic E-state index is 11.4. The minimum absolute atomic E-state index is 0.418. The Labute approximate surface area is 99.4 Å². The number of hydrogen-bond donors (Lipinski definition) is 2. The molecule has 17 heavy (non-hydrogen) atoms. The second kappa shape index (κ2) is 3.76. The molecule has 1 aromatic carbocycles. The molecule has 1 amide bonds. The lowest BCUT2D eigenvalue weighted by atomic mass is 9.96. The number of carbonyl (C=O) groups excluding carboxylic acids is 1. The highest BCUT2D eigenvalue weighted by atomic mass is 16.1. The highest BCUT2D eigenvalue weighted by Crippen LogP contribution is 2.29. The number of nitrogens with two attached hydrogens (primary N) is 2. The quantitative estimate of drug-likeness (QED) is 0.813. The Morgan fingerprint density at radius 1 is 1.53 bits per heavy atom. The molecule has 90 valence electrons. The number of nitrogens with zero attached hydrogens (tertiary/aromatic N) is 2. The normalized spacial score (nSPS) is 11.0. The topological polar surface area (TPSA) is 86.9 Å². The molecule has 0 saturated heterocycles. The number of rotatable bonds is 2. The van der Waals surface area contributed by atoms with Crippen molar-refractivity contribution in [2.24, 2.45) is 12.8 Å². The smallest absolute Gasteiger partial charge is 0.249 e. The van der Waals surface area contributed by atoms with E-state index in [1.165, 1.54) is 0 Å². The average Bonchev–Trinajstić information content (AvgIpc) is 2.53. The number of benzene rings is 1. The SMILES string of the molecule is CCc1c(C)c(C(N)=O)cc2c1c(N)nn2C. The van der Waals surface area contributed by atoms with E-state index in [0.717, 1.165) is 28.5 Å². The summed E-state index contributed by atoms with van der Waals surface area (Å²) in [6.07, 6.45) is 0.791. The van der Waals surface area contributed by atoms with Crippen molar-refractivity contribution < 1.29 is 4.79 Å². The summed E-state index contributed by atoms with van der Waals surface area (Å²) in [6, 6.07) is 1.76. The van der Waals surface area contributed by atoms with Crippen LogP contribution in [0.4, 0.5) is 5.82 Å². The van der Waals surface area contributed by atoms with E-state index in [1.807, 2.05) is 13.8 Å². The van der Waals surface area contributed by atoms with Gasteiger partial charge >= 0.3 is 0 Å². The van der Waals surface area contributed by atoms with Gasteiger partial charge in [0, 0.05) is 18.0 Å². The van der Waals surface area contributed by atoms with Gasteiger partial charge < -0.3 is 11.5 Å². The van der Waals surface area contributed by atoms with Crippen molar-refractivity contribution >= 4 is 22.6 Å². The fraction of sp³-hybridized carbons (Fsp3) is 0.333. The van der Waals surface area contributed by atoms with E-state index in [2.05, 4.69) is 5.10 Å². The second-order valence-electron chi connectivity index (χ2n) is 4.15. The molecule has 4 N–H and O–H groups in total. The summed E-state index contributed by atoms with van der Waals surface area (Å²) < 4.78 is 1.68. The van der Waals surface area contributed by atoms with E-state index in [9.17, 15) is 4.79 Å². The fourth-order valence-electron chi connectivity index (χ4n) is 2.33. The van der Waals surface area contributed by atoms with Crippen molar-refractivity contribution in [3.05, 3.63) is 22.8 Å². The van der Waals surface area contributed by atoms with Crippen molar-refractivity contribution in [3.63, 3.8) is 0 Å². The zero-order valence-electron chi connectivity index (χ0n) is 10.2. The van der Waals surface area contributed by atoms with Gasteiger partial charge in [-0.25, -0.2) is 0 Å². The fourth-order valence-corrected chi connectivity index (χ4v) is 2.33. The molecule has 0 unspecified atom stereocenters. The standard InChI is InChI=1S/C12H16N4O/c1-4-7-6(2)8(12(14)17)5-9-10(7)11(13)15-16(9)3/h5H,4H2,1-3H3,(H2,13,15)(H2,14,17). The maximum Gasteiger partial charge on any atom is 0.249 e. The Kier molecular flexibility index (Phi) is 2.53. The summed E-state index contributed by atoms with van der Waals surface area (Å²) in [5.41, 5.74) is 14.6. The van der Waals surface area contributed by atoms with Gasteiger partial charge in [0.15, 0.2) is 5.82 Å². The van der Waals surface area contributed by atoms with E-state index in [-0.39, 0.29) is 0 Å². The van der Waals surface area contributed by atoms with Crippen LogP contribution in [-0.2, 0) is 13.5 Å². The Morgan fingerprint density at radius 2 is 2.18 bits per heavy atom. The molecule has 2 aromatic rings. The van der Waals surface area contributed by atoms with Gasteiger partial charge in [0.1, 0.15) is 0 Å². The molecule has 1 aromatic heterocycles. The van der Waals surface area contributed by atoms with Crippen LogP contribution < -0.4 is 11.5 Å². The summed E-state index contributed by atoms with van der Waals surface area (Å²) in [6.45, 7) is 3.92. The largest absolute Gasteiger partial charge is 0.382 e. The molecule has 0 atom stereocenters. The van der Waals surface area contributed by atoms with Crippen LogP contribution in [0.1, 0.15) is 28.4 Å². The van der Waals surface area contributed by atoms with Gasteiger partial charge in [-0.05, 0) is 30.5 Å². The minimum Gasteiger partial charge on any atom is -0.382 e. The number of primary amides is 1. The lowest BCUT2D eigenvalue weighted by molar-refractivity contribution is 0.0999. The summed E-state index contributed by atoms with van der Waals surface area (Å²) in [5.74, 6) is 0.0809. The first-order chi connectivity index (χ1) is 7.97. The first kappa shape index (κ1) is 11.4. The Bertz CT molecular complexity index is 613. The van der Waals surface area contributed by atoms with Crippen LogP contribution in [0.15, 0.2) is 6.07 Å². The van der Waals surface area contributed by atoms with Crippen LogP contribution in [0.25, 0.3) is 10.9 Å². The second-order valence-corrected chi connectivity index (χ2v) is 4.15. The predicted molar refractivity (Wildman–Crippen MR) is 67.8 cm³/mol. The van der Waals surface area contributed by atoms with Gasteiger partial charge in [0.2, 0.25) is 5.91 Å². The molecular formula is C12H16N4O. The third-order valence-corrected chi connectivity index (χ3v) is 3.18. The van der Waals surface area contributed by atoms with Crippen LogP contribution in [0.3, 0.4) is 0 Å². The number of carbonyl (C=O) groups is 1. The molecular weight excluding hydrogens is 216 g/mol. The highest BCUT2D eigenvalue weighted by Gasteiger charge is 2.17. The molecule has 5 nitrogen and oxygen atoms in total. The van der Waals surface area contributed by atoms with Crippen molar-refractivity contribution in [3.8, 4) is 0 Å². The zero-order chi connectivity index (χ0) is 12.7. The lowest BCUT2D eigenvalue weighted by Gasteiger charge is -2.10. The average molecular weight is 232 g/mol. The third-order valence-electron chi connectivity index (χ3n) is 3.18. The first-order valence-corrected chi connectivity index (χ1v) is 5.51. The van der Waals surface area contributed by atoms with Gasteiger partial charge in [-0.15, -0.1) is 0 Å². The number of aryl methyl sites for hydroxylation is 2. The first-order valence-electron chi connectivity index (χ1n) is 5.51. The van der Waals surface area contributed by atoms with Gasteiger partial charge in [0.25, 0.3) is 0 Å². The van der Waals surface area contributed by atoms with Crippen molar-refractivity contribution in [1.29, 1.82) is 0 Å².